The zero-order valence-corrected chi connectivity index (χ0v) is 10.9. The molecule has 4 heteroatoms. The van der Waals surface area contributed by atoms with Gasteiger partial charge in [-0.3, -0.25) is 4.79 Å². The van der Waals surface area contributed by atoms with Crippen LogP contribution in [-0.4, -0.2) is 17.0 Å². The number of hydrogen-bond acceptors (Lipinski definition) is 1. The lowest BCUT2D eigenvalue weighted by Crippen LogP contribution is -2.26. The summed E-state index contributed by atoms with van der Waals surface area (Å²) in [4.78, 5) is 11.7. The Morgan fingerprint density at radius 3 is 2.94 bits per heavy atom. The molecule has 0 atom stereocenters. The molecule has 3 nitrogen and oxygen atoms in total. The SMILES string of the molecule is C#CCCCCNC(=O)c1cc(Br)cn1C. The van der Waals surface area contributed by atoms with Crippen molar-refractivity contribution in [2.75, 3.05) is 6.54 Å². The lowest BCUT2D eigenvalue weighted by Gasteiger charge is -2.04. The van der Waals surface area contributed by atoms with E-state index in [2.05, 4.69) is 27.2 Å². The molecule has 0 unspecified atom stereocenters. The minimum Gasteiger partial charge on any atom is -0.351 e. The average molecular weight is 283 g/mol. The van der Waals surface area contributed by atoms with Gasteiger partial charge in [0.1, 0.15) is 5.69 Å². The molecule has 0 saturated heterocycles. The van der Waals surface area contributed by atoms with Crippen molar-refractivity contribution in [3.05, 3.63) is 22.4 Å². The smallest absolute Gasteiger partial charge is 0.267 e. The molecule has 1 amide bonds. The average Bonchev–Trinajstić information content (AvgIpc) is 2.57. The number of hydrogen-bond donors (Lipinski definition) is 1. The molecule has 0 radical (unpaired) electrons. The van der Waals surface area contributed by atoms with Gasteiger partial charge in [-0.2, -0.15) is 0 Å². The summed E-state index contributed by atoms with van der Waals surface area (Å²) >= 11 is 3.33. The van der Waals surface area contributed by atoms with E-state index in [1.54, 1.807) is 10.6 Å². The standard InChI is InChI=1S/C12H15BrN2O/c1-3-4-5-6-7-14-12(16)11-8-10(13)9-15(11)2/h1,8-9H,4-7H2,2H3,(H,14,16). The first-order valence-electron chi connectivity index (χ1n) is 5.18. The second kappa shape index (κ2) is 6.39. The number of nitrogens with one attached hydrogen (secondary N) is 1. The van der Waals surface area contributed by atoms with Gasteiger partial charge in [-0.05, 0) is 34.8 Å². The third-order valence-electron chi connectivity index (χ3n) is 2.24. The van der Waals surface area contributed by atoms with Crippen molar-refractivity contribution in [2.24, 2.45) is 7.05 Å². The molecule has 1 rings (SSSR count). The number of rotatable bonds is 5. The molecule has 0 aromatic carbocycles. The van der Waals surface area contributed by atoms with Crippen LogP contribution in [0.25, 0.3) is 0 Å². The van der Waals surface area contributed by atoms with Gasteiger partial charge >= 0.3 is 0 Å². The molecule has 1 aromatic rings. The van der Waals surface area contributed by atoms with E-state index in [0.29, 0.717) is 12.2 Å². The predicted octanol–water partition coefficient (Wildman–Crippen LogP) is 2.32. The van der Waals surface area contributed by atoms with Gasteiger partial charge in [0.15, 0.2) is 0 Å². The summed E-state index contributed by atoms with van der Waals surface area (Å²) in [6.45, 7) is 0.670. The quantitative estimate of drug-likeness (QED) is 0.653. The highest BCUT2D eigenvalue weighted by atomic mass is 79.9. The van der Waals surface area contributed by atoms with E-state index < -0.39 is 0 Å². The molecule has 0 aliphatic rings. The molecule has 0 aliphatic carbocycles. The van der Waals surface area contributed by atoms with Crippen LogP contribution in [0.4, 0.5) is 0 Å². The maximum absolute atomic E-state index is 11.7. The second-order valence-corrected chi connectivity index (χ2v) is 4.49. The number of carbonyl (C=O) groups excluding carboxylic acids is 1. The number of halogens is 1. The summed E-state index contributed by atoms with van der Waals surface area (Å²) in [5, 5.41) is 2.86. The maximum atomic E-state index is 11.7. The van der Waals surface area contributed by atoms with Crippen LogP contribution in [0.3, 0.4) is 0 Å². The Bertz CT molecular complexity index is 404. The Balaban J connectivity index is 2.36. The number of aryl methyl sites for hydroxylation is 1. The van der Waals surface area contributed by atoms with Crippen LogP contribution in [0, 0.1) is 12.3 Å². The first-order valence-corrected chi connectivity index (χ1v) is 5.98. The summed E-state index contributed by atoms with van der Waals surface area (Å²) < 4.78 is 2.70. The van der Waals surface area contributed by atoms with Gasteiger partial charge in [-0.15, -0.1) is 12.3 Å². The van der Waals surface area contributed by atoms with Crippen LogP contribution in [0.1, 0.15) is 29.8 Å². The molecule has 0 aliphatic heterocycles. The Morgan fingerprint density at radius 2 is 2.38 bits per heavy atom. The van der Waals surface area contributed by atoms with E-state index in [4.69, 9.17) is 6.42 Å². The van der Waals surface area contributed by atoms with E-state index >= 15 is 0 Å². The molecule has 1 N–H and O–H groups in total. The summed E-state index contributed by atoms with van der Waals surface area (Å²) in [5.41, 5.74) is 0.656. The molecular weight excluding hydrogens is 268 g/mol. The third kappa shape index (κ3) is 3.74. The van der Waals surface area contributed by atoms with Gasteiger partial charge in [0, 0.05) is 30.7 Å². The minimum absolute atomic E-state index is 0.0473. The van der Waals surface area contributed by atoms with Crippen LogP contribution in [0.5, 0.6) is 0 Å². The molecule has 0 spiro atoms. The summed E-state index contributed by atoms with van der Waals surface area (Å²) in [6.07, 6.45) is 9.63. The van der Waals surface area contributed by atoms with Gasteiger partial charge in [-0.1, -0.05) is 0 Å². The van der Waals surface area contributed by atoms with E-state index in [1.165, 1.54) is 0 Å². The fraction of sp³-hybridized carbons (Fsp3) is 0.417. The molecule has 0 fully saturated rings. The van der Waals surface area contributed by atoms with Gasteiger partial charge in [-0.25, -0.2) is 0 Å². The molecule has 0 saturated carbocycles. The van der Waals surface area contributed by atoms with Gasteiger partial charge in [0.25, 0.3) is 5.91 Å². The molecular formula is C12H15BrN2O. The van der Waals surface area contributed by atoms with Gasteiger partial charge in [0.05, 0.1) is 0 Å². The molecule has 1 heterocycles. The van der Waals surface area contributed by atoms with Crippen LogP contribution < -0.4 is 5.32 Å². The number of amides is 1. The van der Waals surface area contributed by atoms with Crippen LogP contribution in [-0.2, 0) is 7.05 Å². The topological polar surface area (TPSA) is 34.0 Å². The first kappa shape index (κ1) is 12.9. The Morgan fingerprint density at radius 1 is 1.62 bits per heavy atom. The third-order valence-corrected chi connectivity index (χ3v) is 2.67. The first-order chi connectivity index (χ1) is 7.65. The number of carbonyl (C=O) groups is 1. The molecule has 1 aromatic heterocycles. The summed E-state index contributed by atoms with van der Waals surface area (Å²) in [7, 11) is 1.85. The minimum atomic E-state index is -0.0473. The zero-order valence-electron chi connectivity index (χ0n) is 9.29. The van der Waals surface area contributed by atoms with E-state index in [-0.39, 0.29) is 5.91 Å². The number of unbranched alkanes of at least 4 members (excludes halogenated alkanes) is 2. The van der Waals surface area contributed by atoms with Crippen LogP contribution >= 0.6 is 15.9 Å². The zero-order chi connectivity index (χ0) is 12.0. The Hall–Kier alpha value is -1.21. The van der Waals surface area contributed by atoms with E-state index in [0.717, 1.165) is 23.7 Å². The number of terminal acetylenes is 1. The van der Waals surface area contributed by atoms with Crippen molar-refractivity contribution in [2.45, 2.75) is 19.3 Å². The van der Waals surface area contributed by atoms with Gasteiger partial charge < -0.3 is 9.88 Å². The van der Waals surface area contributed by atoms with E-state index in [1.807, 2.05) is 13.2 Å². The van der Waals surface area contributed by atoms with Crippen molar-refractivity contribution in [1.29, 1.82) is 0 Å². The van der Waals surface area contributed by atoms with Crippen molar-refractivity contribution in [3.63, 3.8) is 0 Å². The molecule has 86 valence electrons. The lowest BCUT2D eigenvalue weighted by molar-refractivity contribution is 0.0945. The van der Waals surface area contributed by atoms with Gasteiger partial charge in [0.2, 0.25) is 0 Å². The summed E-state index contributed by atoms with van der Waals surface area (Å²) in [5.74, 6) is 2.53. The Kier molecular flexibility index (Phi) is 5.13. The van der Waals surface area contributed by atoms with Crippen molar-refractivity contribution < 1.29 is 4.79 Å². The normalized spacial score (nSPS) is 9.81. The molecule has 0 bridgehead atoms. The van der Waals surface area contributed by atoms with Crippen molar-refractivity contribution in [1.82, 2.24) is 9.88 Å². The molecule has 16 heavy (non-hydrogen) atoms. The highest BCUT2D eigenvalue weighted by Gasteiger charge is 2.09. The van der Waals surface area contributed by atoms with E-state index in [9.17, 15) is 4.79 Å². The highest BCUT2D eigenvalue weighted by Crippen LogP contribution is 2.13. The predicted molar refractivity (Wildman–Crippen MR) is 68.1 cm³/mol. The van der Waals surface area contributed by atoms with Crippen LogP contribution in [0.15, 0.2) is 16.7 Å². The highest BCUT2D eigenvalue weighted by molar-refractivity contribution is 9.10. The van der Waals surface area contributed by atoms with Crippen LogP contribution in [0.2, 0.25) is 0 Å². The van der Waals surface area contributed by atoms with Crippen molar-refractivity contribution in [3.8, 4) is 12.3 Å². The Labute approximate surface area is 104 Å². The number of nitrogens with zero attached hydrogens (tertiary/aromatic N) is 1. The maximum Gasteiger partial charge on any atom is 0.267 e. The second-order valence-electron chi connectivity index (χ2n) is 3.57. The fourth-order valence-electron chi connectivity index (χ4n) is 1.39. The lowest BCUT2D eigenvalue weighted by atomic mass is 10.2. The number of aromatic nitrogens is 1. The fourth-order valence-corrected chi connectivity index (χ4v) is 1.92. The van der Waals surface area contributed by atoms with Crippen molar-refractivity contribution >= 4 is 21.8 Å². The monoisotopic (exact) mass is 282 g/mol. The summed E-state index contributed by atoms with van der Waals surface area (Å²) in [6, 6.07) is 1.80. The largest absolute Gasteiger partial charge is 0.351 e.